The fourth-order valence-corrected chi connectivity index (χ4v) is 6.98. The monoisotopic (exact) mass is 500 g/mol. The van der Waals surface area contributed by atoms with Gasteiger partial charge in [0.25, 0.3) is 0 Å². The number of rotatable bonds is 1. The molecule has 5 aliphatic rings. The third-order valence-electron chi connectivity index (χ3n) is 8.66. The lowest BCUT2D eigenvalue weighted by Gasteiger charge is -2.34. The van der Waals surface area contributed by atoms with Gasteiger partial charge in [0, 0.05) is 0 Å². The van der Waals surface area contributed by atoms with Crippen molar-refractivity contribution in [2.45, 2.75) is 31.6 Å². The number of fused-ring (bicyclic) bond motifs is 8. The van der Waals surface area contributed by atoms with Crippen LogP contribution in [0.2, 0.25) is 0 Å². The fourth-order valence-electron chi connectivity index (χ4n) is 6.98. The third-order valence-corrected chi connectivity index (χ3v) is 8.66. The van der Waals surface area contributed by atoms with Crippen LogP contribution in [0.3, 0.4) is 0 Å². The summed E-state index contributed by atoms with van der Waals surface area (Å²) in [5.41, 5.74) is 15.7. The van der Waals surface area contributed by atoms with Crippen LogP contribution in [0.4, 0.5) is 0 Å². The molecule has 0 heteroatoms. The molecule has 0 nitrogen and oxygen atoms in total. The van der Waals surface area contributed by atoms with E-state index in [-0.39, 0.29) is 5.41 Å². The molecule has 2 aromatic carbocycles. The zero-order valence-electron chi connectivity index (χ0n) is 22.5. The zero-order valence-corrected chi connectivity index (χ0v) is 22.5. The summed E-state index contributed by atoms with van der Waals surface area (Å²) in [7, 11) is 0. The molecule has 0 bridgehead atoms. The first-order chi connectivity index (χ1) is 19.2. The maximum Gasteiger partial charge on any atom is 0.0688 e. The molecule has 0 saturated heterocycles. The summed E-state index contributed by atoms with van der Waals surface area (Å²) >= 11 is 0. The molecule has 0 aromatic heterocycles. The van der Waals surface area contributed by atoms with Gasteiger partial charge in [-0.1, -0.05) is 134 Å². The molecule has 0 aliphatic heterocycles. The van der Waals surface area contributed by atoms with Crippen LogP contribution in [0, 0.1) is 0 Å². The Labute approximate surface area is 232 Å². The second-order valence-electron chi connectivity index (χ2n) is 10.9. The molecule has 188 valence electrons. The highest BCUT2D eigenvalue weighted by Gasteiger charge is 2.54. The van der Waals surface area contributed by atoms with Gasteiger partial charge in [-0.05, 0) is 93.5 Å². The van der Waals surface area contributed by atoms with Gasteiger partial charge in [0.05, 0.1) is 5.41 Å². The topological polar surface area (TPSA) is 0 Å². The van der Waals surface area contributed by atoms with Gasteiger partial charge in [0.15, 0.2) is 0 Å². The van der Waals surface area contributed by atoms with E-state index in [0.717, 1.165) is 24.8 Å². The molecule has 0 radical (unpaired) electrons. The van der Waals surface area contributed by atoms with Gasteiger partial charge in [0.2, 0.25) is 0 Å². The predicted molar refractivity (Wildman–Crippen MR) is 166 cm³/mol. The van der Waals surface area contributed by atoms with Gasteiger partial charge in [-0.3, -0.25) is 0 Å². The summed E-state index contributed by atoms with van der Waals surface area (Å²) in [4.78, 5) is 0. The third kappa shape index (κ3) is 3.67. The largest absolute Gasteiger partial charge is 0.0918 e. The molecular formula is C39H32. The van der Waals surface area contributed by atoms with Crippen molar-refractivity contribution in [3.8, 4) is 0 Å². The van der Waals surface area contributed by atoms with Crippen molar-refractivity contribution < 1.29 is 0 Å². The Hall–Kier alpha value is -4.42. The van der Waals surface area contributed by atoms with E-state index in [4.69, 9.17) is 0 Å². The maximum absolute atomic E-state index is 4.47. The van der Waals surface area contributed by atoms with Crippen LogP contribution < -0.4 is 0 Å². The van der Waals surface area contributed by atoms with Gasteiger partial charge in [-0.2, -0.15) is 0 Å². The summed E-state index contributed by atoms with van der Waals surface area (Å²) < 4.78 is 0. The number of allylic oxidation sites excluding steroid dienone is 21. The minimum atomic E-state index is -0.339. The number of benzene rings is 2. The Kier molecular flexibility index (Phi) is 5.71. The summed E-state index contributed by atoms with van der Waals surface area (Å²) in [5, 5.41) is 0. The Bertz CT molecular complexity index is 1710. The summed E-state index contributed by atoms with van der Waals surface area (Å²) in [6.07, 6.45) is 30.4. The van der Waals surface area contributed by atoms with Crippen molar-refractivity contribution in [1.82, 2.24) is 0 Å². The molecule has 2 aromatic rings. The minimum Gasteiger partial charge on any atom is -0.0918 e. The van der Waals surface area contributed by atoms with Gasteiger partial charge in [-0.15, -0.1) is 0 Å². The van der Waals surface area contributed by atoms with Crippen molar-refractivity contribution in [2.24, 2.45) is 0 Å². The lowest BCUT2D eigenvalue weighted by molar-refractivity contribution is 0.736. The van der Waals surface area contributed by atoms with E-state index in [9.17, 15) is 0 Å². The summed E-state index contributed by atoms with van der Waals surface area (Å²) in [6.45, 7) is 6.68. The van der Waals surface area contributed by atoms with Crippen LogP contribution in [-0.4, -0.2) is 0 Å². The van der Waals surface area contributed by atoms with Gasteiger partial charge in [-0.25, -0.2) is 0 Å². The van der Waals surface area contributed by atoms with Crippen molar-refractivity contribution in [3.63, 3.8) is 0 Å². The van der Waals surface area contributed by atoms with Crippen LogP contribution in [-0.2, 0) is 5.41 Å². The average Bonchev–Trinajstić information content (AvgIpc) is 3.14. The van der Waals surface area contributed by atoms with Crippen LogP contribution in [0.15, 0.2) is 173 Å². The van der Waals surface area contributed by atoms with E-state index >= 15 is 0 Å². The molecule has 1 atom stereocenters. The second kappa shape index (κ2) is 9.40. The van der Waals surface area contributed by atoms with E-state index in [0.29, 0.717) is 0 Å². The predicted octanol–water partition coefficient (Wildman–Crippen LogP) is 9.88. The minimum absolute atomic E-state index is 0.339. The molecule has 1 unspecified atom stereocenters. The summed E-state index contributed by atoms with van der Waals surface area (Å²) in [5.74, 6) is 0. The first-order valence-electron chi connectivity index (χ1n) is 14.0. The number of hydrogen-bond acceptors (Lipinski definition) is 0. The maximum atomic E-state index is 4.47. The molecular weight excluding hydrogens is 468 g/mol. The van der Waals surface area contributed by atoms with Crippen molar-refractivity contribution in [3.05, 3.63) is 190 Å². The van der Waals surface area contributed by atoms with E-state index in [1.807, 2.05) is 0 Å². The molecule has 5 aliphatic carbocycles. The Morgan fingerprint density at radius 1 is 0.769 bits per heavy atom. The molecule has 7 rings (SSSR count). The average molecular weight is 501 g/mol. The van der Waals surface area contributed by atoms with E-state index in [1.165, 1.54) is 61.3 Å². The standard InChI is InChI=1S/C39H32/c1-27-21-23-33-31-17-9-4-3-6-13-28(2)25-38(31)39(37(33)24-22-27)35-19-11-10-18-32(35)34-26-30(16-12-20-36(34)39)29-14-7-5-8-15-29/h3-8,10-19,21-22,24-26H,2,9,20,23H2,1H3/b4-3-,13-6-,31-17-,38-25?. The number of hydrogen-bond donors (Lipinski definition) is 0. The van der Waals surface area contributed by atoms with E-state index in [1.54, 1.807) is 0 Å². The normalized spacial score (nSPS) is 26.3. The van der Waals surface area contributed by atoms with Gasteiger partial charge < -0.3 is 0 Å². The Balaban J connectivity index is 1.58. The lowest BCUT2D eigenvalue weighted by Crippen LogP contribution is -2.28. The first-order valence-corrected chi connectivity index (χ1v) is 14.0. The lowest BCUT2D eigenvalue weighted by atomic mass is 9.67. The van der Waals surface area contributed by atoms with E-state index < -0.39 is 0 Å². The fraction of sp³-hybridized carbons (Fsp3) is 0.128. The Morgan fingerprint density at radius 2 is 1.62 bits per heavy atom. The second-order valence-corrected chi connectivity index (χ2v) is 10.9. The quantitative estimate of drug-likeness (QED) is 0.365. The highest BCUT2D eigenvalue weighted by molar-refractivity contribution is 5.99. The molecule has 0 saturated carbocycles. The molecule has 0 amide bonds. The van der Waals surface area contributed by atoms with Gasteiger partial charge in [0.1, 0.15) is 0 Å². The SMILES string of the molecule is C=C1C=C2/C(=C\C/C=C\C=C/1)C1=C(C=CC(C)=CC1)C21C2=C(C=C(c3ccccc3)C=CC2)c2ccccc21. The molecule has 0 N–H and O–H groups in total. The van der Waals surface area contributed by atoms with Crippen molar-refractivity contribution >= 4 is 11.1 Å². The zero-order chi connectivity index (χ0) is 26.4. The van der Waals surface area contributed by atoms with Crippen LogP contribution in [0.1, 0.15) is 42.9 Å². The highest BCUT2D eigenvalue weighted by Crippen LogP contribution is 2.64. The molecule has 0 heterocycles. The van der Waals surface area contributed by atoms with Gasteiger partial charge >= 0.3 is 0 Å². The summed E-state index contributed by atoms with van der Waals surface area (Å²) in [6, 6.07) is 19.9. The van der Waals surface area contributed by atoms with Crippen LogP contribution in [0.5, 0.6) is 0 Å². The molecule has 39 heavy (non-hydrogen) atoms. The van der Waals surface area contributed by atoms with E-state index in [2.05, 4.69) is 141 Å². The first kappa shape index (κ1) is 23.7. The Morgan fingerprint density at radius 3 is 2.51 bits per heavy atom. The highest BCUT2D eigenvalue weighted by atomic mass is 14.6. The van der Waals surface area contributed by atoms with Crippen molar-refractivity contribution in [1.29, 1.82) is 0 Å². The van der Waals surface area contributed by atoms with Crippen molar-refractivity contribution in [2.75, 3.05) is 0 Å². The molecule has 0 fully saturated rings. The smallest absolute Gasteiger partial charge is 0.0688 e. The molecule has 1 spiro atoms. The van der Waals surface area contributed by atoms with Crippen LogP contribution in [0.25, 0.3) is 11.1 Å². The van der Waals surface area contributed by atoms with Crippen LogP contribution >= 0.6 is 0 Å².